The van der Waals surface area contributed by atoms with Gasteiger partial charge < -0.3 is 19.5 Å². The second kappa shape index (κ2) is 5.57. The molecule has 3 rings (SSSR count). The van der Waals surface area contributed by atoms with Gasteiger partial charge in [0.05, 0.1) is 17.7 Å². The van der Waals surface area contributed by atoms with Crippen LogP contribution in [0.3, 0.4) is 0 Å². The molecular formula is C14H18ClNO3. The van der Waals surface area contributed by atoms with Gasteiger partial charge in [0.2, 0.25) is 0 Å². The van der Waals surface area contributed by atoms with Crippen LogP contribution in [0.15, 0.2) is 6.07 Å². The van der Waals surface area contributed by atoms with Gasteiger partial charge in [-0.05, 0) is 23.6 Å². The van der Waals surface area contributed by atoms with Crippen molar-refractivity contribution < 1.29 is 14.2 Å². The number of rotatable bonds is 2. The molecule has 0 amide bonds. The fourth-order valence-corrected chi connectivity index (χ4v) is 3.01. The predicted molar refractivity (Wildman–Crippen MR) is 73.4 cm³/mol. The van der Waals surface area contributed by atoms with Gasteiger partial charge in [-0.15, -0.1) is 0 Å². The van der Waals surface area contributed by atoms with E-state index < -0.39 is 0 Å². The van der Waals surface area contributed by atoms with Gasteiger partial charge in [-0.2, -0.15) is 0 Å². The maximum absolute atomic E-state index is 6.47. The maximum Gasteiger partial charge on any atom is 0.180 e. The average Bonchev–Trinajstić information content (AvgIpc) is 2.48. The monoisotopic (exact) mass is 283 g/mol. The SMILES string of the molecule is CCc1c(C2CNCCO2)cc2c(c1Cl)OCCO2. The van der Waals surface area contributed by atoms with Crippen LogP contribution in [0, 0.1) is 0 Å². The van der Waals surface area contributed by atoms with E-state index in [1.54, 1.807) is 0 Å². The van der Waals surface area contributed by atoms with E-state index in [4.69, 9.17) is 25.8 Å². The summed E-state index contributed by atoms with van der Waals surface area (Å²) in [5.74, 6) is 1.41. The quantitative estimate of drug-likeness (QED) is 0.904. The normalized spacial score (nSPS) is 22.3. The Kier molecular flexibility index (Phi) is 3.82. The van der Waals surface area contributed by atoms with Crippen molar-refractivity contribution in [1.82, 2.24) is 5.32 Å². The van der Waals surface area contributed by atoms with Crippen LogP contribution < -0.4 is 14.8 Å². The van der Waals surface area contributed by atoms with Crippen molar-refractivity contribution in [3.05, 3.63) is 22.2 Å². The van der Waals surface area contributed by atoms with Crippen molar-refractivity contribution >= 4 is 11.6 Å². The summed E-state index contributed by atoms with van der Waals surface area (Å²) in [5.41, 5.74) is 2.21. The Bertz CT molecular complexity index is 472. The Morgan fingerprint density at radius 2 is 2.16 bits per heavy atom. The van der Waals surface area contributed by atoms with Gasteiger partial charge in [0.1, 0.15) is 13.2 Å². The van der Waals surface area contributed by atoms with Crippen LogP contribution in [0.4, 0.5) is 0 Å². The molecule has 1 atom stereocenters. The third kappa shape index (κ3) is 2.40. The van der Waals surface area contributed by atoms with Crippen molar-refractivity contribution in [3.8, 4) is 11.5 Å². The van der Waals surface area contributed by atoms with Crippen molar-refractivity contribution in [2.45, 2.75) is 19.4 Å². The summed E-state index contributed by atoms with van der Waals surface area (Å²) in [4.78, 5) is 0. The lowest BCUT2D eigenvalue weighted by atomic mass is 9.98. The molecule has 4 nitrogen and oxygen atoms in total. The van der Waals surface area contributed by atoms with Crippen LogP contribution in [-0.4, -0.2) is 32.9 Å². The van der Waals surface area contributed by atoms with E-state index in [2.05, 4.69) is 12.2 Å². The number of fused-ring (bicyclic) bond motifs is 1. The lowest BCUT2D eigenvalue weighted by Gasteiger charge is -2.29. The largest absolute Gasteiger partial charge is 0.486 e. The number of morpholine rings is 1. The van der Waals surface area contributed by atoms with Gasteiger partial charge >= 0.3 is 0 Å². The highest BCUT2D eigenvalue weighted by Gasteiger charge is 2.26. The molecule has 0 aromatic heterocycles. The van der Waals surface area contributed by atoms with Gasteiger partial charge in [0.15, 0.2) is 11.5 Å². The van der Waals surface area contributed by atoms with E-state index in [0.29, 0.717) is 24.0 Å². The lowest BCUT2D eigenvalue weighted by molar-refractivity contribution is 0.0268. The average molecular weight is 284 g/mol. The summed E-state index contributed by atoms with van der Waals surface area (Å²) in [6, 6.07) is 2.02. The van der Waals surface area contributed by atoms with E-state index in [0.717, 1.165) is 43.0 Å². The van der Waals surface area contributed by atoms with Crippen LogP contribution in [-0.2, 0) is 11.2 Å². The molecule has 2 heterocycles. The van der Waals surface area contributed by atoms with Crippen LogP contribution in [0.1, 0.15) is 24.2 Å². The Hall–Kier alpha value is -0.970. The molecule has 1 aromatic rings. The first-order valence-corrected chi connectivity index (χ1v) is 7.12. The minimum atomic E-state index is 0.0389. The van der Waals surface area contributed by atoms with Crippen molar-refractivity contribution in [2.24, 2.45) is 0 Å². The lowest BCUT2D eigenvalue weighted by Crippen LogP contribution is -2.34. The predicted octanol–water partition coefficient (Wildman–Crippen LogP) is 2.33. The van der Waals surface area contributed by atoms with Gasteiger partial charge in [-0.25, -0.2) is 0 Å². The molecule has 0 bridgehead atoms. The van der Waals surface area contributed by atoms with Crippen molar-refractivity contribution in [1.29, 1.82) is 0 Å². The van der Waals surface area contributed by atoms with E-state index in [1.165, 1.54) is 0 Å². The van der Waals surface area contributed by atoms with Crippen LogP contribution in [0.25, 0.3) is 0 Å². The number of halogens is 1. The highest BCUT2D eigenvalue weighted by atomic mass is 35.5. The third-order valence-corrected chi connectivity index (χ3v) is 3.94. The molecule has 1 N–H and O–H groups in total. The summed E-state index contributed by atoms with van der Waals surface area (Å²) in [6.45, 7) is 5.64. The molecule has 19 heavy (non-hydrogen) atoms. The minimum Gasteiger partial charge on any atom is -0.486 e. The van der Waals surface area contributed by atoms with E-state index >= 15 is 0 Å². The number of hydrogen-bond donors (Lipinski definition) is 1. The van der Waals surface area contributed by atoms with Crippen LogP contribution >= 0.6 is 11.6 Å². The maximum atomic E-state index is 6.47. The second-order valence-corrected chi connectivity index (χ2v) is 5.08. The molecule has 0 radical (unpaired) electrons. The minimum absolute atomic E-state index is 0.0389. The second-order valence-electron chi connectivity index (χ2n) is 4.70. The molecule has 2 aliphatic heterocycles. The highest BCUT2D eigenvalue weighted by Crippen LogP contribution is 2.43. The van der Waals surface area contributed by atoms with Crippen molar-refractivity contribution in [2.75, 3.05) is 32.9 Å². The Morgan fingerprint density at radius 3 is 2.89 bits per heavy atom. The zero-order valence-electron chi connectivity index (χ0n) is 11.0. The van der Waals surface area contributed by atoms with Crippen molar-refractivity contribution in [3.63, 3.8) is 0 Å². The molecule has 5 heteroatoms. The van der Waals surface area contributed by atoms with Crippen LogP contribution in [0.2, 0.25) is 5.02 Å². The first kappa shape index (κ1) is 13.0. The summed E-state index contributed by atoms with van der Waals surface area (Å²) in [7, 11) is 0. The number of nitrogens with one attached hydrogen (secondary N) is 1. The molecular weight excluding hydrogens is 266 g/mol. The fraction of sp³-hybridized carbons (Fsp3) is 0.571. The van der Waals surface area contributed by atoms with Gasteiger partial charge in [0, 0.05) is 13.1 Å². The first-order valence-electron chi connectivity index (χ1n) is 6.74. The van der Waals surface area contributed by atoms with Gasteiger partial charge in [-0.1, -0.05) is 18.5 Å². The van der Waals surface area contributed by atoms with Gasteiger partial charge in [0.25, 0.3) is 0 Å². The molecule has 2 aliphatic rings. The molecule has 1 aromatic carbocycles. The van der Waals surface area contributed by atoms with E-state index in [9.17, 15) is 0 Å². The smallest absolute Gasteiger partial charge is 0.180 e. The Labute approximate surface area is 118 Å². The Balaban J connectivity index is 2.04. The van der Waals surface area contributed by atoms with Gasteiger partial charge in [-0.3, -0.25) is 0 Å². The Morgan fingerprint density at radius 1 is 1.32 bits per heavy atom. The summed E-state index contributed by atoms with van der Waals surface area (Å²) >= 11 is 6.47. The summed E-state index contributed by atoms with van der Waals surface area (Å²) < 4.78 is 17.1. The zero-order chi connectivity index (χ0) is 13.2. The molecule has 104 valence electrons. The highest BCUT2D eigenvalue weighted by molar-refractivity contribution is 6.33. The topological polar surface area (TPSA) is 39.7 Å². The summed E-state index contributed by atoms with van der Waals surface area (Å²) in [6.07, 6.45) is 0.891. The fourth-order valence-electron chi connectivity index (χ4n) is 2.61. The molecule has 1 saturated heterocycles. The van der Waals surface area contributed by atoms with E-state index in [-0.39, 0.29) is 6.10 Å². The molecule has 0 aliphatic carbocycles. The molecule has 1 fully saturated rings. The molecule has 0 spiro atoms. The standard InChI is InChI=1S/C14H18ClNO3/c1-2-9-10(12-8-16-3-4-17-12)7-11-14(13(9)15)19-6-5-18-11/h7,12,16H,2-6,8H2,1H3. The molecule has 1 unspecified atom stereocenters. The third-order valence-electron chi connectivity index (χ3n) is 3.54. The van der Waals surface area contributed by atoms with Crippen LogP contribution in [0.5, 0.6) is 11.5 Å². The zero-order valence-corrected chi connectivity index (χ0v) is 11.8. The number of benzene rings is 1. The number of hydrogen-bond acceptors (Lipinski definition) is 4. The first-order chi connectivity index (χ1) is 9.31. The number of ether oxygens (including phenoxy) is 3. The molecule has 0 saturated carbocycles. The summed E-state index contributed by atoms with van der Waals surface area (Å²) in [5, 5.41) is 4.01. The van der Waals surface area contributed by atoms with E-state index in [1.807, 2.05) is 6.07 Å².